The third-order valence-electron chi connectivity index (χ3n) is 6.23. The normalized spacial score (nSPS) is 23.5. The van der Waals surface area contributed by atoms with Crippen molar-refractivity contribution in [3.05, 3.63) is 78.9 Å². The first-order chi connectivity index (χ1) is 14.5. The van der Waals surface area contributed by atoms with Gasteiger partial charge in [0, 0.05) is 10.8 Å². The van der Waals surface area contributed by atoms with E-state index in [9.17, 15) is 4.79 Å². The van der Waals surface area contributed by atoms with E-state index in [1.807, 2.05) is 42.5 Å². The van der Waals surface area contributed by atoms with Crippen LogP contribution < -0.4 is 0 Å². The van der Waals surface area contributed by atoms with E-state index in [4.69, 9.17) is 4.74 Å². The lowest BCUT2D eigenvalue weighted by atomic mass is 9.75. The number of carbonyl (C=O) groups is 1. The van der Waals surface area contributed by atoms with E-state index in [0.29, 0.717) is 17.8 Å². The first kappa shape index (κ1) is 22.7. The lowest BCUT2D eigenvalue weighted by Crippen LogP contribution is -2.39. The fourth-order valence-corrected chi connectivity index (χ4v) is 5.66. The zero-order valence-electron chi connectivity index (χ0n) is 18.4. The van der Waals surface area contributed by atoms with Crippen LogP contribution in [0.3, 0.4) is 0 Å². The molecule has 160 valence electrons. The average molecular weight is 423 g/mol. The summed E-state index contributed by atoms with van der Waals surface area (Å²) >= 11 is 1.58. The molecule has 30 heavy (non-hydrogen) atoms. The van der Waals surface area contributed by atoms with Crippen molar-refractivity contribution in [1.29, 1.82) is 0 Å². The summed E-state index contributed by atoms with van der Waals surface area (Å²) in [7, 11) is 0. The second-order valence-corrected chi connectivity index (χ2v) is 10.0. The number of ether oxygens (including phenoxy) is 1. The van der Waals surface area contributed by atoms with Crippen LogP contribution in [0.1, 0.15) is 51.5 Å². The van der Waals surface area contributed by atoms with Crippen molar-refractivity contribution < 1.29 is 9.53 Å². The second kappa shape index (κ2) is 10.9. The highest BCUT2D eigenvalue weighted by atomic mass is 32.2. The highest BCUT2D eigenvalue weighted by molar-refractivity contribution is 8.00. The van der Waals surface area contributed by atoms with Crippen LogP contribution in [-0.4, -0.2) is 17.3 Å². The van der Waals surface area contributed by atoms with Crippen molar-refractivity contribution in [3.63, 3.8) is 0 Å². The highest BCUT2D eigenvalue weighted by Crippen LogP contribution is 2.39. The van der Waals surface area contributed by atoms with Crippen LogP contribution in [0, 0.1) is 17.8 Å². The van der Waals surface area contributed by atoms with Crippen LogP contribution in [0.4, 0.5) is 0 Å². The lowest BCUT2D eigenvalue weighted by Gasteiger charge is -2.37. The van der Waals surface area contributed by atoms with Crippen LogP contribution in [0.5, 0.6) is 0 Å². The van der Waals surface area contributed by atoms with E-state index in [1.54, 1.807) is 11.8 Å². The predicted molar refractivity (Wildman–Crippen MR) is 127 cm³/mol. The summed E-state index contributed by atoms with van der Waals surface area (Å²) in [4.78, 5) is 14.6. The molecular formula is C27H34O2S. The standard InChI is InChI=1S/C27H34O2S/c1-5-23(21-12-8-6-9-13-21)26(30-22-14-10-7-11-15-22)27(28)29-25-18-20(4)16-17-24(25)19(2)3/h5-15,19-20,23-26H,1,16-18H2,2-4H3/t20-,23+,24+,25-,26-/m1/s1. The zero-order chi connectivity index (χ0) is 21.5. The van der Waals surface area contributed by atoms with E-state index < -0.39 is 0 Å². The Morgan fingerprint density at radius 1 is 1.07 bits per heavy atom. The number of hydrogen-bond acceptors (Lipinski definition) is 3. The Hall–Kier alpha value is -2.00. The summed E-state index contributed by atoms with van der Waals surface area (Å²) in [5, 5.41) is -0.364. The van der Waals surface area contributed by atoms with E-state index in [1.165, 1.54) is 6.42 Å². The van der Waals surface area contributed by atoms with Crippen LogP contribution in [0.15, 0.2) is 78.2 Å². The SMILES string of the molecule is C=C[C@@H](c1ccccc1)[C@@H](Sc1ccccc1)C(=O)O[C@@H]1C[C@H](C)CC[C@H]1C(C)C. The van der Waals surface area contributed by atoms with Crippen molar-refractivity contribution in [1.82, 2.24) is 0 Å². The molecule has 5 atom stereocenters. The number of esters is 1. The summed E-state index contributed by atoms with van der Waals surface area (Å²) in [5.74, 6) is 1.32. The van der Waals surface area contributed by atoms with Gasteiger partial charge in [-0.2, -0.15) is 0 Å². The summed E-state index contributed by atoms with van der Waals surface area (Å²) in [6.07, 6.45) is 5.21. The lowest BCUT2D eigenvalue weighted by molar-refractivity contribution is -0.155. The topological polar surface area (TPSA) is 26.3 Å². The molecule has 1 saturated carbocycles. The van der Waals surface area contributed by atoms with Gasteiger partial charge in [-0.25, -0.2) is 0 Å². The van der Waals surface area contributed by atoms with Crippen molar-refractivity contribution in [2.75, 3.05) is 0 Å². The van der Waals surface area contributed by atoms with E-state index in [-0.39, 0.29) is 23.2 Å². The molecule has 1 aliphatic carbocycles. The van der Waals surface area contributed by atoms with E-state index >= 15 is 0 Å². The number of carbonyl (C=O) groups excluding carboxylic acids is 1. The molecule has 0 heterocycles. The molecular weight excluding hydrogens is 388 g/mol. The minimum atomic E-state index is -0.364. The molecule has 2 nitrogen and oxygen atoms in total. The molecule has 1 aliphatic rings. The molecule has 0 bridgehead atoms. The molecule has 0 aliphatic heterocycles. The number of thioether (sulfide) groups is 1. The van der Waals surface area contributed by atoms with Crippen molar-refractivity contribution >= 4 is 17.7 Å². The van der Waals surface area contributed by atoms with Crippen molar-refractivity contribution in [2.24, 2.45) is 17.8 Å². The summed E-state index contributed by atoms with van der Waals surface area (Å²) < 4.78 is 6.27. The summed E-state index contributed by atoms with van der Waals surface area (Å²) in [5.41, 5.74) is 1.09. The minimum Gasteiger partial charge on any atom is -0.461 e. The Labute approximate surface area is 186 Å². The maximum atomic E-state index is 13.6. The number of rotatable bonds is 8. The van der Waals surface area contributed by atoms with Gasteiger partial charge in [0.2, 0.25) is 0 Å². The third kappa shape index (κ3) is 5.78. The molecule has 0 unspecified atom stereocenters. The highest BCUT2D eigenvalue weighted by Gasteiger charge is 2.37. The summed E-state index contributed by atoms with van der Waals surface area (Å²) in [6, 6.07) is 20.3. The maximum Gasteiger partial charge on any atom is 0.320 e. The van der Waals surface area contributed by atoms with Crippen LogP contribution in [-0.2, 0) is 9.53 Å². The van der Waals surface area contributed by atoms with Gasteiger partial charge in [0.25, 0.3) is 0 Å². The van der Waals surface area contributed by atoms with E-state index in [2.05, 4.69) is 51.6 Å². The molecule has 0 saturated heterocycles. The fourth-order valence-electron chi connectivity index (χ4n) is 4.49. The molecule has 0 N–H and O–H groups in total. The van der Waals surface area contributed by atoms with Crippen LogP contribution >= 0.6 is 11.8 Å². The molecule has 3 heteroatoms. The fraction of sp³-hybridized carbons (Fsp3) is 0.444. The second-order valence-electron chi connectivity index (χ2n) is 8.83. The largest absolute Gasteiger partial charge is 0.461 e. The molecule has 3 rings (SSSR count). The Balaban J connectivity index is 1.86. The average Bonchev–Trinajstić information content (AvgIpc) is 2.75. The molecule has 2 aromatic carbocycles. The minimum absolute atomic E-state index is 0.00126. The monoisotopic (exact) mass is 422 g/mol. The number of allylic oxidation sites excluding steroid dienone is 1. The van der Waals surface area contributed by atoms with Crippen molar-refractivity contribution in [3.8, 4) is 0 Å². The Bertz CT molecular complexity index is 802. The van der Waals surface area contributed by atoms with Gasteiger partial charge in [-0.05, 0) is 48.3 Å². The molecule has 0 spiro atoms. The van der Waals surface area contributed by atoms with Gasteiger partial charge >= 0.3 is 5.97 Å². The Kier molecular flexibility index (Phi) is 8.21. The quantitative estimate of drug-likeness (QED) is 0.257. The van der Waals surface area contributed by atoms with Gasteiger partial charge in [0.05, 0.1) is 0 Å². The Morgan fingerprint density at radius 2 is 1.70 bits per heavy atom. The van der Waals surface area contributed by atoms with Gasteiger partial charge in [-0.15, -0.1) is 18.3 Å². The molecule has 0 radical (unpaired) electrons. The van der Waals surface area contributed by atoms with Crippen LogP contribution in [0.25, 0.3) is 0 Å². The molecule has 0 aromatic heterocycles. The van der Waals surface area contributed by atoms with Gasteiger partial charge in [-0.3, -0.25) is 4.79 Å². The Morgan fingerprint density at radius 3 is 2.30 bits per heavy atom. The van der Waals surface area contributed by atoms with Gasteiger partial charge < -0.3 is 4.74 Å². The van der Waals surface area contributed by atoms with E-state index in [0.717, 1.165) is 23.3 Å². The first-order valence-electron chi connectivity index (χ1n) is 11.1. The summed E-state index contributed by atoms with van der Waals surface area (Å²) in [6.45, 7) is 10.8. The molecule has 2 aromatic rings. The first-order valence-corrected chi connectivity index (χ1v) is 12.0. The third-order valence-corrected chi connectivity index (χ3v) is 7.52. The van der Waals surface area contributed by atoms with Crippen molar-refractivity contribution in [2.45, 2.75) is 62.2 Å². The zero-order valence-corrected chi connectivity index (χ0v) is 19.2. The van der Waals surface area contributed by atoms with Crippen LogP contribution in [0.2, 0.25) is 0 Å². The molecule has 1 fully saturated rings. The van der Waals surface area contributed by atoms with Gasteiger partial charge in [0.1, 0.15) is 11.4 Å². The predicted octanol–water partition coefficient (Wildman–Crippen LogP) is 7.12. The van der Waals surface area contributed by atoms with Gasteiger partial charge in [0.15, 0.2) is 0 Å². The number of hydrogen-bond donors (Lipinski definition) is 0. The molecule has 0 amide bonds. The maximum absolute atomic E-state index is 13.6. The van der Waals surface area contributed by atoms with Gasteiger partial charge in [-0.1, -0.05) is 81.8 Å². The smallest absolute Gasteiger partial charge is 0.320 e. The number of benzene rings is 2.